The zero-order valence-corrected chi connectivity index (χ0v) is 12.4. The summed E-state index contributed by atoms with van der Waals surface area (Å²) < 4.78 is 8.19. The van der Waals surface area contributed by atoms with E-state index in [4.69, 9.17) is 3.67 Å². The van der Waals surface area contributed by atoms with E-state index in [1.807, 2.05) is 55.6 Å². The van der Waals surface area contributed by atoms with Crippen LogP contribution in [0.4, 0.5) is 5.69 Å². The van der Waals surface area contributed by atoms with Gasteiger partial charge in [0, 0.05) is 6.21 Å². The van der Waals surface area contributed by atoms with E-state index in [-0.39, 0.29) is 0 Å². The van der Waals surface area contributed by atoms with Crippen LogP contribution in [0.25, 0.3) is 10.9 Å². The molecule has 20 heavy (non-hydrogen) atoms. The van der Waals surface area contributed by atoms with Crippen LogP contribution >= 0.6 is 0 Å². The van der Waals surface area contributed by atoms with E-state index in [2.05, 4.69) is 22.1 Å². The Kier molecular flexibility index (Phi) is 5.05. The molecule has 0 atom stereocenters. The molecule has 3 aromatic rings. The molecule has 1 aromatic heterocycles. The summed E-state index contributed by atoms with van der Waals surface area (Å²) in [5.41, 5.74) is 4.09. The topological polar surface area (TPSA) is 43.5 Å². The molecule has 0 fully saturated rings. The molecule has 0 aliphatic rings. The molecule has 4 heteroatoms. The van der Waals surface area contributed by atoms with Crippen LogP contribution in [-0.4, -0.2) is 6.21 Å². The third-order valence-electron chi connectivity index (χ3n) is 2.86. The van der Waals surface area contributed by atoms with Gasteiger partial charge in [-0.05, 0) is 23.1 Å². The molecular formula is C16H13N2OV-. The number of aryl methyl sites for hydroxylation is 1. The first kappa shape index (κ1) is 14.4. The monoisotopic (exact) mass is 300 g/mol. The van der Waals surface area contributed by atoms with Gasteiger partial charge in [0.1, 0.15) is 0 Å². The van der Waals surface area contributed by atoms with Gasteiger partial charge in [0.2, 0.25) is 0 Å². The van der Waals surface area contributed by atoms with Crippen molar-refractivity contribution in [1.82, 2.24) is 4.98 Å². The Labute approximate surface area is 127 Å². The number of hydrogen-bond donors (Lipinski definition) is 0. The number of aromatic nitrogens is 1. The molecule has 0 N–H and O–H groups in total. The molecular weight excluding hydrogens is 287 g/mol. The summed E-state index contributed by atoms with van der Waals surface area (Å²) in [5, 5.41) is 1.17. The molecule has 0 radical (unpaired) electrons. The molecule has 0 saturated heterocycles. The summed E-state index contributed by atoms with van der Waals surface area (Å²) in [6.07, 6.45) is 1.88. The fourth-order valence-corrected chi connectivity index (χ4v) is 2.02. The summed E-state index contributed by atoms with van der Waals surface area (Å²) in [7, 11) is 0. The summed E-state index contributed by atoms with van der Waals surface area (Å²) in [6, 6.07) is 18.2. The van der Waals surface area contributed by atoms with Crippen LogP contribution in [0.2, 0.25) is 0 Å². The first-order chi connectivity index (χ1) is 9.83. The van der Waals surface area contributed by atoms with E-state index in [1.54, 1.807) is 0 Å². The van der Waals surface area contributed by atoms with Gasteiger partial charge in [-0.1, -0.05) is 49.4 Å². The van der Waals surface area contributed by atoms with E-state index >= 15 is 0 Å². The first-order valence-electron chi connectivity index (χ1n) is 6.13. The standard InChI is InChI=1S/C16H13N2.O.V/c1-12-10-13-6-5-7-14(16(13)18-12)11-17-15-8-3-2-4-9-15;;/h2-11H,1H3;;/q-1;;. The average molecular weight is 300 g/mol. The number of para-hydroxylation sites is 2. The van der Waals surface area contributed by atoms with Crippen LogP contribution < -0.4 is 4.98 Å². The molecule has 0 unspecified atom stereocenters. The number of fused-ring (bicyclic) bond motifs is 1. The Morgan fingerprint density at radius 3 is 2.55 bits per heavy atom. The minimum absolute atomic E-state index is 0.956. The van der Waals surface area contributed by atoms with Crippen molar-refractivity contribution in [1.29, 1.82) is 0 Å². The van der Waals surface area contributed by atoms with Crippen LogP contribution in [0.3, 0.4) is 0 Å². The summed E-state index contributed by atoms with van der Waals surface area (Å²) in [5.74, 6) is 0. The van der Waals surface area contributed by atoms with Gasteiger partial charge >= 0.3 is 21.0 Å². The zero-order chi connectivity index (χ0) is 14.4. The normalized spacial score (nSPS) is 10.4. The van der Waals surface area contributed by atoms with Gasteiger partial charge in [0.15, 0.2) is 0 Å². The molecule has 3 rings (SSSR count). The molecule has 0 spiro atoms. The van der Waals surface area contributed by atoms with Gasteiger partial charge < -0.3 is 4.98 Å². The van der Waals surface area contributed by atoms with E-state index < -0.39 is 0 Å². The molecule has 3 nitrogen and oxygen atoms in total. The van der Waals surface area contributed by atoms with Crippen molar-refractivity contribution in [3.05, 3.63) is 65.9 Å². The summed E-state index contributed by atoms with van der Waals surface area (Å²) in [4.78, 5) is 9.01. The predicted molar refractivity (Wildman–Crippen MR) is 76.4 cm³/mol. The Balaban J connectivity index is 0.000000704. The van der Waals surface area contributed by atoms with E-state index in [1.165, 1.54) is 5.39 Å². The maximum absolute atomic E-state index is 8.19. The molecule has 0 aliphatic heterocycles. The Morgan fingerprint density at radius 1 is 1.05 bits per heavy atom. The van der Waals surface area contributed by atoms with Crippen molar-refractivity contribution in [2.24, 2.45) is 4.99 Å². The SMILES string of the molecule is Cc1cc2cccc(C=Nc3ccccc3)c2[n-]1.[O]=[V]. The van der Waals surface area contributed by atoms with Crippen LogP contribution in [0.15, 0.2) is 59.6 Å². The third-order valence-corrected chi connectivity index (χ3v) is 2.86. The Morgan fingerprint density at radius 2 is 1.80 bits per heavy atom. The average Bonchev–Trinajstić information content (AvgIpc) is 2.89. The number of hydrogen-bond acceptors (Lipinski definition) is 2. The maximum atomic E-state index is 8.19. The minimum atomic E-state index is 0.956. The second kappa shape index (κ2) is 6.99. The Bertz CT molecular complexity index is 720. The van der Waals surface area contributed by atoms with Gasteiger partial charge in [-0.3, -0.25) is 4.99 Å². The number of nitrogens with zero attached hydrogens (tertiary/aromatic N) is 2. The first-order valence-corrected chi connectivity index (χ1v) is 6.70. The molecule has 1 heterocycles. The second-order valence-electron chi connectivity index (χ2n) is 4.28. The van der Waals surface area contributed by atoms with Gasteiger partial charge in [0.25, 0.3) is 0 Å². The van der Waals surface area contributed by atoms with E-state index in [9.17, 15) is 0 Å². The van der Waals surface area contributed by atoms with Gasteiger partial charge in [-0.25, -0.2) is 0 Å². The van der Waals surface area contributed by atoms with Crippen molar-refractivity contribution in [3.8, 4) is 0 Å². The molecule has 0 bridgehead atoms. The van der Waals surface area contributed by atoms with E-state index in [0.29, 0.717) is 0 Å². The number of aliphatic imine (C=N–C) groups is 1. The molecule has 99 valence electrons. The van der Waals surface area contributed by atoms with Crippen LogP contribution in [0.1, 0.15) is 11.3 Å². The number of rotatable bonds is 2. The Hall–Kier alpha value is -1.97. The quantitative estimate of drug-likeness (QED) is 0.677. The summed E-state index contributed by atoms with van der Waals surface area (Å²) >= 11 is 1.06. The molecule has 0 aliphatic carbocycles. The zero-order valence-electron chi connectivity index (χ0n) is 11.0. The molecule has 0 saturated carbocycles. The van der Waals surface area contributed by atoms with Gasteiger partial charge in [-0.15, -0.1) is 5.52 Å². The fraction of sp³-hybridized carbons (Fsp3) is 0.0625. The van der Waals surface area contributed by atoms with E-state index in [0.717, 1.165) is 39.8 Å². The molecule has 2 aromatic carbocycles. The number of benzene rings is 2. The second-order valence-corrected chi connectivity index (χ2v) is 4.28. The fourth-order valence-electron chi connectivity index (χ4n) is 2.02. The van der Waals surface area contributed by atoms with Crippen molar-refractivity contribution in [2.75, 3.05) is 0 Å². The van der Waals surface area contributed by atoms with Gasteiger partial charge in [-0.2, -0.15) is 5.69 Å². The van der Waals surface area contributed by atoms with Crippen LogP contribution in [-0.2, 0) is 21.0 Å². The predicted octanol–water partition coefficient (Wildman–Crippen LogP) is 3.73. The molecule has 0 amide bonds. The van der Waals surface area contributed by atoms with Crippen LogP contribution in [0, 0.1) is 6.92 Å². The van der Waals surface area contributed by atoms with Crippen molar-refractivity contribution in [3.63, 3.8) is 0 Å². The third kappa shape index (κ3) is 3.32. The van der Waals surface area contributed by atoms with Crippen molar-refractivity contribution < 1.29 is 21.0 Å². The van der Waals surface area contributed by atoms with Crippen molar-refractivity contribution >= 4 is 22.8 Å². The van der Waals surface area contributed by atoms with Crippen molar-refractivity contribution in [2.45, 2.75) is 6.92 Å². The van der Waals surface area contributed by atoms with Gasteiger partial charge in [0.05, 0.1) is 5.69 Å². The van der Waals surface area contributed by atoms with Crippen LogP contribution in [0.5, 0.6) is 0 Å². The summed E-state index contributed by atoms with van der Waals surface area (Å²) in [6.45, 7) is 2.01.